The van der Waals surface area contributed by atoms with Gasteiger partial charge in [0.25, 0.3) is 0 Å². The Bertz CT molecular complexity index is 2030. The van der Waals surface area contributed by atoms with Crippen molar-refractivity contribution in [2.45, 2.75) is 158 Å². The van der Waals surface area contributed by atoms with Gasteiger partial charge in [-0.3, -0.25) is 0 Å². The number of hydrogen-bond donors (Lipinski definition) is 0. The van der Waals surface area contributed by atoms with Crippen LogP contribution in [0, 0.1) is 13.8 Å². The molecule has 6 aromatic carbocycles. The monoisotopic (exact) mass is 908 g/mol. The van der Waals surface area contributed by atoms with E-state index in [0.717, 1.165) is 22.4 Å². The zero-order valence-electron chi connectivity index (χ0n) is 39.3. The number of fused-ring (bicyclic) bond motifs is 2. The summed E-state index contributed by atoms with van der Waals surface area (Å²) in [6, 6.07) is 33.0. The van der Waals surface area contributed by atoms with Gasteiger partial charge in [0.2, 0.25) is 0 Å². The summed E-state index contributed by atoms with van der Waals surface area (Å²) in [5, 5.41) is 5.52. The molecule has 0 aromatic heterocycles. The molecule has 6 rings (SSSR count). The van der Waals surface area contributed by atoms with Crippen molar-refractivity contribution in [2.24, 2.45) is 0 Å². The van der Waals surface area contributed by atoms with E-state index in [9.17, 15) is 0 Å². The number of halogens is 2. The first kappa shape index (κ1) is 50.1. The van der Waals surface area contributed by atoms with E-state index in [1.165, 1.54) is 88.3 Å². The fourth-order valence-electron chi connectivity index (χ4n) is 7.36. The Morgan fingerprint density at radius 1 is 0.483 bits per heavy atom. The molecule has 0 nitrogen and oxygen atoms in total. The molecule has 2 radical (unpaired) electrons. The second-order valence-corrected chi connectivity index (χ2v) is 24.9. The predicted molar refractivity (Wildman–Crippen MR) is 262 cm³/mol. The maximum atomic E-state index is 4.93. The van der Waals surface area contributed by atoms with Crippen LogP contribution in [0.4, 0.5) is 0 Å². The van der Waals surface area contributed by atoms with E-state index in [0.29, 0.717) is 0 Å². The fourth-order valence-corrected chi connectivity index (χ4v) is 7.36. The molecule has 58 heavy (non-hydrogen) atoms. The standard InChI is InChI=1S/2C26H33.C2H6Si.2ClH.Zr/c2*1-9-18-12-19-11-10-17(2)24(23(19)13-18)20-14-21(25(3,4)5)16-22(15-20)26(6,7)8;1-3-2;;;/h2*10-16H,9H2,1-8H3;1-2H3;2*1H;/q2*-1;;;;+4/p-2. The van der Waals surface area contributed by atoms with Crippen molar-refractivity contribution >= 4 is 48.1 Å². The summed E-state index contributed by atoms with van der Waals surface area (Å²) >= 11 is -0.826. The molecule has 310 valence electrons. The molecule has 0 amide bonds. The zero-order valence-corrected chi connectivity index (χ0v) is 44.2. The minimum absolute atomic E-state index is 0.137. The Morgan fingerprint density at radius 2 is 0.741 bits per heavy atom. The molecule has 0 saturated heterocycles. The van der Waals surface area contributed by atoms with Gasteiger partial charge in [-0.25, -0.2) is 0 Å². The van der Waals surface area contributed by atoms with Gasteiger partial charge in [-0.15, -0.1) is 69.1 Å². The number of benzene rings is 4. The summed E-state index contributed by atoms with van der Waals surface area (Å²) in [5.41, 5.74) is 17.3. The second kappa shape index (κ2) is 20.6. The Labute approximate surface area is 376 Å². The van der Waals surface area contributed by atoms with Crippen LogP contribution in [0.15, 0.2) is 84.9 Å². The van der Waals surface area contributed by atoms with E-state index in [2.05, 4.69) is 209 Å². The van der Waals surface area contributed by atoms with Gasteiger partial charge in [0.05, 0.1) is 0 Å². The third kappa shape index (κ3) is 12.9. The third-order valence-corrected chi connectivity index (χ3v) is 11.0. The van der Waals surface area contributed by atoms with Crippen LogP contribution in [0.1, 0.15) is 141 Å². The topological polar surface area (TPSA) is 0 Å². The summed E-state index contributed by atoms with van der Waals surface area (Å²) in [7, 11) is 11.0. The number of rotatable bonds is 4. The van der Waals surface area contributed by atoms with Gasteiger partial charge in [0.1, 0.15) is 0 Å². The van der Waals surface area contributed by atoms with Crippen LogP contribution in [0.5, 0.6) is 0 Å². The molecule has 0 N–H and O–H groups in total. The molecular weight excluding hydrogens is 839 g/mol. The van der Waals surface area contributed by atoms with Crippen LogP contribution in [-0.2, 0) is 55.3 Å². The first-order valence-electron chi connectivity index (χ1n) is 21.1. The molecule has 0 aliphatic rings. The Morgan fingerprint density at radius 3 is 0.966 bits per heavy atom. The van der Waals surface area contributed by atoms with Gasteiger partial charge in [-0.2, -0.15) is 12.1 Å². The Kier molecular flexibility index (Phi) is 17.8. The van der Waals surface area contributed by atoms with Gasteiger partial charge >= 0.3 is 37.9 Å². The van der Waals surface area contributed by atoms with Crippen molar-refractivity contribution in [1.29, 1.82) is 0 Å². The zero-order chi connectivity index (χ0) is 44.0. The molecule has 0 aliphatic carbocycles. The van der Waals surface area contributed by atoms with Crippen LogP contribution in [0.2, 0.25) is 13.1 Å². The van der Waals surface area contributed by atoms with E-state index in [1.807, 2.05) is 0 Å². The number of hydrogen-bond acceptors (Lipinski definition) is 0. The SMILES string of the molecule is CCc1cc2c(-c3cc(C(C)(C)C)cc(C(C)(C)C)c3)c(C)ccc2[cH-]1.CCc1cc2c(-c3cc(C(C)(C)C)cc(C(C)(C)C)c3)c(C)ccc2[cH-]1.C[Si]C.[Cl][Zr+2][Cl]. The van der Waals surface area contributed by atoms with Gasteiger partial charge in [0.15, 0.2) is 0 Å². The van der Waals surface area contributed by atoms with Crippen molar-refractivity contribution in [1.82, 2.24) is 0 Å². The van der Waals surface area contributed by atoms with Crippen LogP contribution in [-0.4, -0.2) is 9.52 Å². The molecule has 0 atom stereocenters. The number of aryl methyl sites for hydroxylation is 4. The molecule has 0 heterocycles. The molecule has 0 fully saturated rings. The summed E-state index contributed by atoms with van der Waals surface area (Å²) in [6.07, 6.45) is 2.17. The van der Waals surface area contributed by atoms with Crippen molar-refractivity contribution in [3.8, 4) is 22.3 Å². The first-order chi connectivity index (χ1) is 26.8. The molecule has 0 bridgehead atoms. The summed E-state index contributed by atoms with van der Waals surface area (Å²) in [6.45, 7) is 41.0. The quantitative estimate of drug-likeness (QED) is 0.122. The molecule has 6 aromatic rings. The van der Waals surface area contributed by atoms with E-state index in [4.69, 9.17) is 17.0 Å². The molecule has 0 aliphatic heterocycles. The maximum absolute atomic E-state index is 4.93. The van der Waals surface area contributed by atoms with E-state index in [1.54, 1.807) is 0 Å². The molecule has 0 unspecified atom stereocenters. The summed E-state index contributed by atoms with van der Waals surface area (Å²) in [4.78, 5) is 0. The molecule has 0 saturated carbocycles. The van der Waals surface area contributed by atoms with E-state index in [-0.39, 0.29) is 21.7 Å². The normalized spacial score (nSPS) is 11.9. The minimum atomic E-state index is -0.826. The van der Waals surface area contributed by atoms with Gasteiger partial charge < -0.3 is 0 Å². The molecule has 4 heteroatoms. The van der Waals surface area contributed by atoms with E-state index < -0.39 is 20.8 Å². The van der Waals surface area contributed by atoms with Gasteiger partial charge in [-0.1, -0.05) is 169 Å². The fraction of sp³-hybridized carbons (Fsp3) is 0.444. The van der Waals surface area contributed by atoms with Crippen LogP contribution < -0.4 is 0 Å². The molecular formula is C54H72Cl2SiZr. The van der Waals surface area contributed by atoms with E-state index >= 15 is 0 Å². The van der Waals surface area contributed by atoms with Crippen molar-refractivity contribution < 1.29 is 20.8 Å². The Balaban J connectivity index is 0.000000273. The predicted octanol–water partition coefficient (Wildman–Crippen LogP) is 17.5. The summed E-state index contributed by atoms with van der Waals surface area (Å²) < 4.78 is 0. The van der Waals surface area contributed by atoms with Gasteiger partial charge in [-0.05, 0) is 81.7 Å². The van der Waals surface area contributed by atoms with Crippen molar-refractivity contribution in [3.05, 3.63) is 129 Å². The average Bonchev–Trinajstić information content (AvgIpc) is 3.75. The van der Waals surface area contributed by atoms with Crippen molar-refractivity contribution in [2.75, 3.05) is 0 Å². The van der Waals surface area contributed by atoms with Crippen LogP contribution in [0.3, 0.4) is 0 Å². The average molecular weight is 911 g/mol. The summed E-state index contributed by atoms with van der Waals surface area (Å²) in [5.74, 6) is 0. The van der Waals surface area contributed by atoms with Gasteiger partial charge in [0, 0.05) is 9.52 Å². The second-order valence-electron chi connectivity index (χ2n) is 20.1. The first-order valence-corrected chi connectivity index (χ1v) is 29.4. The molecule has 0 spiro atoms. The van der Waals surface area contributed by atoms with Crippen LogP contribution >= 0.6 is 17.0 Å². The Hall–Kier alpha value is -2.22. The van der Waals surface area contributed by atoms with Crippen molar-refractivity contribution in [3.63, 3.8) is 0 Å². The third-order valence-electron chi connectivity index (χ3n) is 11.0. The van der Waals surface area contributed by atoms with Crippen LogP contribution in [0.25, 0.3) is 43.8 Å².